The van der Waals surface area contributed by atoms with Gasteiger partial charge < -0.3 is 9.47 Å². The van der Waals surface area contributed by atoms with Crippen molar-refractivity contribution in [3.8, 4) is 0 Å². The molecule has 1 amide bonds. The van der Waals surface area contributed by atoms with Crippen LogP contribution in [0.3, 0.4) is 0 Å². The number of amides is 1. The van der Waals surface area contributed by atoms with E-state index in [0.29, 0.717) is 6.61 Å². The zero-order chi connectivity index (χ0) is 18.2. The van der Waals surface area contributed by atoms with Crippen molar-refractivity contribution in [1.82, 2.24) is 4.90 Å². The van der Waals surface area contributed by atoms with Crippen molar-refractivity contribution >= 4 is 6.09 Å². The van der Waals surface area contributed by atoms with E-state index >= 15 is 0 Å². The van der Waals surface area contributed by atoms with Crippen molar-refractivity contribution in [1.29, 1.82) is 0 Å². The molecule has 0 radical (unpaired) electrons. The molecule has 1 heterocycles. The van der Waals surface area contributed by atoms with Crippen molar-refractivity contribution in [3.05, 3.63) is 35.9 Å². The van der Waals surface area contributed by atoms with E-state index in [0.717, 1.165) is 24.8 Å². The molecule has 4 nitrogen and oxygen atoms in total. The van der Waals surface area contributed by atoms with Crippen LogP contribution in [0.5, 0.6) is 0 Å². The first-order valence-corrected chi connectivity index (χ1v) is 8.84. The third-order valence-corrected chi connectivity index (χ3v) is 5.07. The van der Waals surface area contributed by atoms with Gasteiger partial charge in [-0.3, -0.25) is 4.90 Å². The van der Waals surface area contributed by atoms with E-state index in [1.807, 2.05) is 58.0 Å². The minimum atomic E-state index is -0.672. The van der Waals surface area contributed by atoms with Crippen LogP contribution in [0.2, 0.25) is 0 Å². The molecule has 0 N–H and O–H groups in total. The molecule has 0 spiro atoms. The lowest BCUT2D eigenvalue weighted by Crippen LogP contribution is -2.53. The van der Waals surface area contributed by atoms with Gasteiger partial charge in [-0.15, -0.1) is 0 Å². The van der Waals surface area contributed by atoms with E-state index < -0.39 is 11.3 Å². The smallest absolute Gasteiger partial charge is 0.412 e. The molecule has 1 saturated heterocycles. The van der Waals surface area contributed by atoms with Gasteiger partial charge in [0.1, 0.15) is 11.8 Å². The summed E-state index contributed by atoms with van der Waals surface area (Å²) in [6, 6.07) is 9.84. The predicted octanol–water partition coefficient (Wildman–Crippen LogP) is 4.38. The van der Waals surface area contributed by atoms with Gasteiger partial charge in [0.25, 0.3) is 0 Å². The van der Waals surface area contributed by atoms with Gasteiger partial charge in [-0.2, -0.15) is 0 Å². The highest BCUT2D eigenvalue weighted by atomic mass is 16.6. The Labute approximate surface area is 146 Å². The minimum Gasteiger partial charge on any atom is -0.446 e. The van der Waals surface area contributed by atoms with Crippen LogP contribution in [0.15, 0.2) is 30.3 Å². The van der Waals surface area contributed by atoms with Crippen molar-refractivity contribution in [3.63, 3.8) is 0 Å². The zero-order valence-corrected chi connectivity index (χ0v) is 15.1. The first-order valence-electron chi connectivity index (χ1n) is 9.42. The van der Waals surface area contributed by atoms with Gasteiger partial charge in [0, 0.05) is 7.29 Å². The van der Waals surface area contributed by atoms with E-state index in [9.17, 15) is 4.79 Å². The fourth-order valence-electron chi connectivity index (χ4n) is 3.96. The van der Waals surface area contributed by atoms with E-state index in [2.05, 4.69) is 0 Å². The number of hydrogen-bond acceptors (Lipinski definition) is 3. The maximum Gasteiger partial charge on any atom is 0.412 e. The van der Waals surface area contributed by atoms with Crippen LogP contribution in [0.1, 0.15) is 53.9 Å². The van der Waals surface area contributed by atoms with Crippen LogP contribution >= 0.6 is 0 Å². The molecule has 24 heavy (non-hydrogen) atoms. The number of carbonyl (C=O) groups excluding carboxylic acids is 1. The molecule has 1 aromatic carbocycles. The second kappa shape index (κ2) is 6.40. The first kappa shape index (κ1) is 15.9. The molecule has 1 saturated carbocycles. The number of hydrogen-bond donors (Lipinski definition) is 0. The van der Waals surface area contributed by atoms with E-state index in [4.69, 9.17) is 10.8 Å². The third-order valence-electron chi connectivity index (χ3n) is 5.07. The van der Waals surface area contributed by atoms with Crippen LogP contribution < -0.4 is 0 Å². The minimum absolute atomic E-state index is 0.0427. The molecule has 3 rings (SSSR count). The lowest BCUT2D eigenvalue weighted by Gasteiger charge is -2.38. The highest BCUT2D eigenvalue weighted by Gasteiger charge is 2.50. The van der Waals surface area contributed by atoms with Crippen LogP contribution in [0.25, 0.3) is 0 Å². The van der Waals surface area contributed by atoms with Gasteiger partial charge in [-0.05, 0) is 58.9 Å². The van der Waals surface area contributed by atoms with Gasteiger partial charge in [0.05, 0.1) is 12.1 Å². The van der Waals surface area contributed by atoms with Crippen molar-refractivity contribution in [2.45, 2.75) is 70.7 Å². The molecular formula is C20H29NO3. The average Bonchev–Trinajstić information content (AvgIpc) is 3.09. The summed E-state index contributed by atoms with van der Waals surface area (Å²) >= 11 is 0. The normalized spacial score (nSPS) is 30.0. The van der Waals surface area contributed by atoms with Crippen LogP contribution in [0, 0.1) is 5.92 Å². The second-order valence-corrected chi connectivity index (χ2v) is 7.98. The summed E-state index contributed by atoms with van der Waals surface area (Å²) in [6.45, 7) is 8.27. The lowest BCUT2D eigenvalue weighted by atomic mass is 9.96. The quantitative estimate of drug-likeness (QED) is 0.824. The largest absolute Gasteiger partial charge is 0.446 e. The molecule has 0 bridgehead atoms. The van der Waals surface area contributed by atoms with Gasteiger partial charge in [-0.1, -0.05) is 30.3 Å². The maximum atomic E-state index is 12.9. The molecule has 0 aromatic heterocycles. The van der Waals surface area contributed by atoms with E-state index in [1.54, 1.807) is 4.90 Å². The second-order valence-electron chi connectivity index (χ2n) is 7.98. The monoisotopic (exact) mass is 332 g/mol. The Morgan fingerprint density at radius 1 is 1.29 bits per heavy atom. The molecule has 1 aliphatic heterocycles. The number of rotatable bonds is 3. The molecule has 1 aromatic rings. The van der Waals surface area contributed by atoms with Crippen LogP contribution in [-0.2, 0) is 15.9 Å². The summed E-state index contributed by atoms with van der Waals surface area (Å²) in [5, 5.41) is 0. The van der Waals surface area contributed by atoms with Gasteiger partial charge in [-0.25, -0.2) is 4.79 Å². The summed E-state index contributed by atoms with van der Waals surface area (Å²) in [6.07, 6.45) is 1.84. The molecule has 2 aliphatic rings. The van der Waals surface area contributed by atoms with Crippen LogP contribution in [-0.4, -0.2) is 35.0 Å². The summed E-state index contributed by atoms with van der Waals surface area (Å²) in [7, 11) is 0. The first-order chi connectivity index (χ1) is 11.7. The zero-order valence-electron chi connectivity index (χ0n) is 16.1. The fraction of sp³-hybridized carbons (Fsp3) is 0.650. The number of nitrogens with zero attached hydrogens (tertiary/aromatic N) is 1. The van der Waals surface area contributed by atoms with E-state index in [-0.39, 0.29) is 24.5 Å². The Bertz CT molecular complexity index is 601. The molecule has 132 valence electrons. The van der Waals surface area contributed by atoms with Gasteiger partial charge >= 0.3 is 6.09 Å². The highest BCUT2D eigenvalue weighted by molar-refractivity contribution is 5.70. The average molecular weight is 332 g/mol. The molecule has 0 unspecified atom stereocenters. The molecule has 1 aliphatic carbocycles. The van der Waals surface area contributed by atoms with Crippen LogP contribution in [0.4, 0.5) is 4.79 Å². The summed E-state index contributed by atoms with van der Waals surface area (Å²) < 4.78 is 20.3. The molecular weight excluding hydrogens is 302 g/mol. The Morgan fingerprint density at radius 2 is 2.00 bits per heavy atom. The SMILES string of the molecule is [2H][C@H](c1ccccc1)[C@@H]1CCC[C@H]1OC(=O)N1C(C)(C)COC1(C)C. The molecule has 4 heteroatoms. The molecule has 3 atom stereocenters. The Morgan fingerprint density at radius 3 is 2.62 bits per heavy atom. The summed E-state index contributed by atoms with van der Waals surface area (Å²) in [5.41, 5.74) is -0.0798. The predicted molar refractivity (Wildman–Crippen MR) is 93.7 cm³/mol. The highest BCUT2D eigenvalue weighted by Crippen LogP contribution is 2.37. The van der Waals surface area contributed by atoms with Gasteiger partial charge in [0.2, 0.25) is 0 Å². The number of benzene rings is 1. The summed E-state index contributed by atoms with van der Waals surface area (Å²) in [4.78, 5) is 14.6. The number of carbonyl (C=O) groups is 1. The Balaban J connectivity index is 1.72. The lowest BCUT2D eigenvalue weighted by molar-refractivity contribution is -0.0611. The number of ether oxygens (including phenoxy) is 2. The van der Waals surface area contributed by atoms with Crippen molar-refractivity contribution < 1.29 is 15.6 Å². The molecule has 2 fully saturated rings. The Hall–Kier alpha value is -1.55. The van der Waals surface area contributed by atoms with E-state index in [1.165, 1.54) is 0 Å². The fourth-order valence-corrected chi connectivity index (χ4v) is 3.96. The van der Waals surface area contributed by atoms with Gasteiger partial charge in [0.15, 0.2) is 0 Å². The van der Waals surface area contributed by atoms with Crippen molar-refractivity contribution in [2.75, 3.05) is 6.61 Å². The third kappa shape index (κ3) is 3.44. The topological polar surface area (TPSA) is 38.8 Å². The summed E-state index contributed by atoms with van der Waals surface area (Å²) in [5.74, 6) is 0.0427. The Kier molecular flexibility index (Phi) is 4.25. The van der Waals surface area contributed by atoms with Crippen molar-refractivity contribution in [2.24, 2.45) is 5.92 Å². The standard InChI is InChI=1S/C20H29NO3/c1-19(2)14-23-20(3,4)21(19)18(22)24-17-12-8-11-16(17)13-15-9-6-5-7-10-15/h5-7,9-10,16-17H,8,11-14H2,1-4H3/t16-,17+/m0/s1/i13D/t13-,16+,17-/m1. The maximum absolute atomic E-state index is 12.9.